The molecule has 2 aromatic rings. The zero-order chi connectivity index (χ0) is 20.8. The summed E-state index contributed by atoms with van der Waals surface area (Å²) in [5.74, 6) is 1.66. The summed E-state index contributed by atoms with van der Waals surface area (Å²) in [6, 6.07) is 10.7. The van der Waals surface area contributed by atoms with Gasteiger partial charge in [0.1, 0.15) is 5.75 Å². The van der Waals surface area contributed by atoms with E-state index in [1.807, 2.05) is 18.2 Å². The monoisotopic (exact) mass is 396 g/mol. The first kappa shape index (κ1) is 20.3. The van der Waals surface area contributed by atoms with Crippen molar-refractivity contribution >= 4 is 23.6 Å². The van der Waals surface area contributed by atoms with Gasteiger partial charge >= 0.3 is 0 Å². The first-order valence-corrected chi connectivity index (χ1v) is 9.20. The van der Waals surface area contributed by atoms with Gasteiger partial charge in [0, 0.05) is 24.9 Å². The normalized spacial score (nSPS) is 12.8. The van der Waals surface area contributed by atoms with Crippen molar-refractivity contribution in [1.29, 1.82) is 0 Å². The lowest BCUT2D eigenvalue weighted by molar-refractivity contribution is -0.128. The highest BCUT2D eigenvalue weighted by Gasteiger charge is 2.20. The van der Waals surface area contributed by atoms with Crippen LogP contribution in [-0.2, 0) is 16.0 Å². The zero-order valence-corrected chi connectivity index (χ0v) is 16.7. The molecule has 1 aliphatic rings. The van der Waals surface area contributed by atoms with Crippen LogP contribution in [-0.4, -0.2) is 44.6 Å². The molecule has 0 unspecified atom stereocenters. The van der Waals surface area contributed by atoms with Crippen LogP contribution in [0.3, 0.4) is 0 Å². The molecular weight excluding hydrogens is 372 g/mol. The summed E-state index contributed by atoms with van der Waals surface area (Å²) in [6.45, 7) is 0.291. The number of anilines is 1. The fourth-order valence-corrected chi connectivity index (χ4v) is 3.08. The van der Waals surface area contributed by atoms with Crippen LogP contribution < -0.4 is 19.5 Å². The molecule has 0 aromatic heterocycles. The molecule has 0 atom stereocenters. The number of carbonyl (C=O) groups excluding carboxylic acids is 2. The molecule has 2 amide bonds. The zero-order valence-electron chi connectivity index (χ0n) is 16.7. The number of hydrogen-bond donors (Lipinski definition) is 1. The van der Waals surface area contributed by atoms with Crippen molar-refractivity contribution in [1.82, 2.24) is 4.90 Å². The van der Waals surface area contributed by atoms with Crippen LogP contribution >= 0.6 is 0 Å². The third kappa shape index (κ3) is 4.87. The van der Waals surface area contributed by atoms with Gasteiger partial charge in [-0.25, -0.2) is 0 Å². The van der Waals surface area contributed by atoms with Crippen LogP contribution in [0.1, 0.15) is 17.5 Å². The van der Waals surface area contributed by atoms with Gasteiger partial charge in [-0.2, -0.15) is 0 Å². The molecule has 7 heteroatoms. The van der Waals surface area contributed by atoms with Crippen molar-refractivity contribution in [2.45, 2.75) is 12.8 Å². The third-order valence-electron chi connectivity index (χ3n) is 4.69. The van der Waals surface area contributed by atoms with E-state index in [1.54, 1.807) is 56.7 Å². The van der Waals surface area contributed by atoms with Crippen LogP contribution in [0.4, 0.5) is 5.69 Å². The van der Waals surface area contributed by atoms with Gasteiger partial charge in [-0.1, -0.05) is 0 Å². The SMILES string of the molecule is COc1ccc(NC(=O)CCN2C=Cc3cc(OC)c(OC)cc3CC2=O)cc1. The number of methoxy groups -OCH3 is 3. The summed E-state index contributed by atoms with van der Waals surface area (Å²) < 4.78 is 15.7. The first-order valence-electron chi connectivity index (χ1n) is 9.20. The molecule has 152 valence electrons. The molecule has 0 saturated heterocycles. The molecule has 29 heavy (non-hydrogen) atoms. The number of amides is 2. The van der Waals surface area contributed by atoms with E-state index >= 15 is 0 Å². The van der Waals surface area contributed by atoms with E-state index in [1.165, 1.54) is 0 Å². The van der Waals surface area contributed by atoms with Crippen LogP contribution in [0.25, 0.3) is 6.08 Å². The number of ether oxygens (including phenoxy) is 3. The van der Waals surface area contributed by atoms with E-state index in [9.17, 15) is 9.59 Å². The molecule has 1 heterocycles. The summed E-state index contributed by atoms with van der Waals surface area (Å²) in [6.07, 6.45) is 3.97. The van der Waals surface area contributed by atoms with E-state index in [4.69, 9.17) is 14.2 Å². The van der Waals surface area contributed by atoms with Gasteiger partial charge in [0.2, 0.25) is 11.8 Å². The Bertz CT molecular complexity index is 922. The molecule has 2 aromatic carbocycles. The Hall–Kier alpha value is -3.48. The van der Waals surface area contributed by atoms with Gasteiger partial charge in [-0.15, -0.1) is 0 Å². The maximum Gasteiger partial charge on any atom is 0.230 e. The maximum atomic E-state index is 12.6. The van der Waals surface area contributed by atoms with Crippen molar-refractivity contribution in [3.8, 4) is 17.2 Å². The summed E-state index contributed by atoms with van der Waals surface area (Å²) >= 11 is 0. The summed E-state index contributed by atoms with van der Waals surface area (Å²) in [5, 5.41) is 2.82. The van der Waals surface area contributed by atoms with Crippen molar-refractivity contribution in [2.24, 2.45) is 0 Å². The summed E-state index contributed by atoms with van der Waals surface area (Å²) in [5.41, 5.74) is 2.43. The Morgan fingerprint density at radius 1 is 1.03 bits per heavy atom. The van der Waals surface area contributed by atoms with E-state index in [0.717, 1.165) is 16.9 Å². The summed E-state index contributed by atoms with van der Waals surface area (Å²) in [7, 11) is 4.72. The highest BCUT2D eigenvalue weighted by atomic mass is 16.5. The van der Waals surface area contributed by atoms with Gasteiger partial charge in [0.15, 0.2) is 11.5 Å². The fraction of sp³-hybridized carbons (Fsp3) is 0.273. The van der Waals surface area contributed by atoms with Crippen molar-refractivity contribution < 1.29 is 23.8 Å². The highest BCUT2D eigenvalue weighted by Crippen LogP contribution is 2.32. The Morgan fingerprint density at radius 2 is 1.72 bits per heavy atom. The smallest absolute Gasteiger partial charge is 0.230 e. The van der Waals surface area contributed by atoms with Crippen LogP contribution in [0.2, 0.25) is 0 Å². The Morgan fingerprint density at radius 3 is 2.38 bits per heavy atom. The van der Waals surface area contributed by atoms with Crippen LogP contribution in [0.15, 0.2) is 42.6 Å². The number of hydrogen-bond acceptors (Lipinski definition) is 5. The lowest BCUT2D eigenvalue weighted by Gasteiger charge is -2.17. The Labute approximate surface area is 169 Å². The van der Waals surface area contributed by atoms with Gasteiger partial charge in [0.25, 0.3) is 0 Å². The van der Waals surface area contributed by atoms with Crippen molar-refractivity contribution in [3.63, 3.8) is 0 Å². The molecule has 1 N–H and O–H groups in total. The highest BCUT2D eigenvalue weighted by molar-refractivity contribution is 5.91. The van der Waals surface area contributed by atoms with E-state index < -0.39 is 0 Å². The minimum absolute atomic E-state index is 0.0792. The number of nitrogens with zero attached hydrogens (tertiary/aromatic N) is 1. The molecular formula is C22H24N2O5. The molecule has 0 fully saturated rings. The van der Waals surface area contributed by atoms with E-state index in [-0.39, 0.29) is 24.7 Å². The minimum Gasteiger partial charge on any atom is -0.497 e. The molecule has 1 aliphatic heterocycles. The maximum absolute atomic E-state index is 12.6. The molecule has 0 aliphatic carbocycles. The quantitative estimate of drug-likeness (QED) is 0.778. The van der Waals surface area contributed by atoms with Gasteiger partial charge < -0.3 is 24.4 Å². The number of benzene rings is 2. The fourth-order valence-electron chi connectivity index (χ4n) is 3.08. The molecule has 0 radical (unpaired) electrons. The molecule has 3 rings (SSSR count). The number of fused-ring (bicyclic) bond motifs is 1. The molecule has 0 bridgehead atoms. The van der Waals surface area contributed by atoms with Gasteiger partial charge in [0.05, 0.1) is 27.8 Å². The van der Waals surface area contributed by atoms with Crippen LogP contribution in [0.5, 0.6) is 17.2 Å². The summed E-state index contributed by atoms with van der Waals surface area (Å²) in [4.78, 5) is 26.4. The second-order valence-corrected chi connectivity index (χ2v) is 6.51. The second kappa shape index (κ2) is 9.14. The van der Waals surface area contributed by atoms with E-state index in [2.05, 4.69) is 5.32 Å². The van der Waals surface area contributed by atoms with Crippen molar-refractivity contribution in [3.05, 3.63) is 53.7 Å². The minimum atomic E-state index is -0.165. The Kier molecular flexibility index (Phi) is 6.39. The molecule has 0 spiro atoms. The van der Waals surface area contributed by atoms with Gasteiger partial charge in [-0.3, -0.25) is 9.59 Å². The molecule has 7 nitrogen and oxygen atoms in total. The topological polar surface area (TPSA) is 77.1 Å². The number of carbonyl (C=O) groups is 2. The lowest BCUT2D eigenvalue weighted by Crippen LogP contribution is -2.29. The molecule has 0 saturated carbocycles. The average molecular weight is 396 g/mol. The lowest BCUT2D eigenvalue weighted by atomic mass is 10.0. The Balaban J connectivity index is 1.62. The predicted octanol–water partition coefficient (Wildman–Crippen LogP) is 3.10. The average Bonchev–Trinajstić information content (AvgIpc) is 2.89. The predicted molar refractivity (Wildman–Crippen MR) is 110 cm³/mol. The standard InChI is InChI=1S/C22H24N2O5/c1-27-18-6-4-17(5-7-18)23-21(25)9-11-24-10-8-15-12-19(28-2)20(29-3)13-16(15)14-22(24)26/h4-8,10,12-13H,9,11,14H2,1-3H3,(H,23,25). The second-order valence-electron chi connectivity index (χ2n) is 6.51. The number of rotatable bonds is 7. The number of nitrogens with one attached hydrogen (secondary N) is 1. The van der Waals surface area contributed by atoms with Gasteiger partial charge in [-0.05, 0) is 53.6 Å². The largest absolute Gasteiger partial charge is 0.497 e. The van der Waals surface area contributed by atoms with Crippen LogP contribution in [0, 0.1) is 0 Å². The first-order chi connectivity index (χ1) is 14.0. The van der Waals surface area contributed by atoms with Crippen molar-refractivity contribution in [2.75, 3.05) is 33.2 Å². The van der Waals surface area contributed by atoms with E-state index in [0.29, 0.717) is 23.7 Å². The third-order valence-corrected chi connectivity index (χ3v) is 4.69.